The molecule has 6 nitrogen and oxygen atoms in total. The van der Waals surface area contributed by atoms with Crippen molar-refractivity contribution >= 4 is 17.4 Å². The lowest BCUT2D eigenvalue weighted by Crippen LogP contribution is -2.43. The fourth-order valence-electron chi connectivity index (χ4n) is 4.09. The number of rotatable bonds is 5. The van der Waals surface area contributed by atoms with E-state index >= 15 is 0 Å². The predicted octanol–water partition coefficient (Wildman–Crippen LogP) is 3.56. The second kappa shape index (κ2) is 10.4. The van der Waals surface area contributed by atoms with Crippen molar-refractivity contribution in [2.45, 2.75) is 32.9 Å². The fourth-order valence-corrected chi connectivity index (χ4v) is 4.09. The van der Waals surface area contributed by atoms with Crippen LogP contribution in [0.5, 0.6) is 0 Å². The van der Waals surface area contributed by atoms with E-state index in [4.69, 9.17) is 9.73 Å². The molecule has 1 atom stereocenters. The Hall–Kier alpha value is -2.86. The molecule has 1 N–H and O–H groups in total. The normalized spacial score (nSPS) is 19.9. The number of pyridine rings is 1. The maximum atomic E-state index is 5.63. The Kier molecular flexibility index (Phi) is 7.20. The largest absolute Gasteiger partial charge is 0.375 e. The lowest BCUT2D eigenvalue weighted by atomic mass is 10.00. The Balaban J connectivity index is 1.38. The van der Waals surface area contributed by atoms with Crippen LogP contribution in [0.1, 0.15) is 31.4 Å². The van der Waals surface area contributed by atoms with E-state index in [1.807, 2.05) is 6.20 Å². The maximum Gasteiger partial charge on any atom is 0.194 e. The number of aliphatic imine (C=N–C) groups is 1. The summed E-state index contributed by atoms with van der Waals surface area (Å²) < 4.78 is 5.63. The summed E-state index contributed by atoms with van der Waals surface area (Å²) in [6.45, 7) is 10.1. The molecule has 0 bridgehead atoms. The minimum atomic E-state index is 0.253. The molecule has 0 amide bonds. The SMILES string of the molecule is CCNC(=NCc1ccc(N2CCOC(C)C2)nc1)N1CC=C(c2ccccc2)CC1. The van der Waals surface area contributed by atoms with Crippen molar-refractivity contribution in [1.29, 1.82) is 0 Å². The van der Waals surface area contributed by atoms with Gasteiger partial charge in [0.25, 0.3) is 0 Å². The van der Waals surface area contributed by atoms with Crippen LogP contribution in [0.3, 0.4) is 0 Å². The van der Waals surface area contributed by atoms with Gasteiger partial charge >= 0.3 is 0 Å². The topological polar surface area (TPSA) is 53.0 Å². The van der Waals surface area contributed by atoms with E-state index in [1.165, 1.54) is 11.1 Å². The second-order valence-corrected chi connectivity index (χ2v) is 8.11. The monoisotopic (exact) mass is 419 g/mol. The summed E-state index contributed by atoms with van der Waals surface area (Å²) in [6, 6.07) is 14.9. The van der Waals surface area contributed by atoms with Crippen molar-refractivity contribution in [3.63, 3.8) is 0 Å². The molecule has 1 unspecified atom stereocenters. The number of ether oxygens (including phenoxy) is 1. The Morgan fingerprint density at radius 2 is 2.06 bits per heavy atom. The summed E-state index contributed by atoms with van der Waals surface area (Å²) in [7, 11) is 0. The molecule has 1 fully saturated rings. The van der Waals surface area contributed by atoms with Crippen LogP contribution < -0.4 is 10.2 Å². The first-order valence-electron chi connectivity index (χ1n) is 11.3. The molecule has 2 aliphatic heterocycles. The first kappa shape index (κ1) is 21.4. The number of benzene rings is 1. The molecule has 0 spiro atoms. The minimum Gasteiger partial charge on any atom is -0.375 e. The van der Waals surface area contributed by atoms with Gasteiger partial charge in [0.05, 0.1) is 19.3 Å². The van der Waals surface area contributed by atoms with Gasteiger partial charge in [0.1, 0.15) is 5.82 Å². The van der Waals surface area contributed by atoms with Gasteiger partial charge in [-0.15, -0.1) is 0 Å². The highest BCUT2D eigenvalue weighted by atomic mass is 16.5. The third-order valence-corrected chi connectivity index (χ3v) is 5.77. The smallest absolute Gasteiger partial charge is 0.194 e. The molecule has 1 saturated heterocycles. The van der Waals surface area contributed by atoms with Crippen molar-refractivity contribution in [1.82, 2.24) is 15.2 Å². The van der Waals surface area contributed by atoms with Crippen LogP contribution in [-0.2, 0) is 11.3 Å². The van der Waals surface area contributed by atoms with Crippen molar-refractivity contribution in [2.24, 2.45) is 4.99 Å². The van der Waals surface area contributed by atoms with E-state index in [9.17, 15) is 0 Å². The van der Waals surface area contributed by atoms with Crippen LogP contribution in [-0.4, -0.2) is 61.3 Å². The van der Waals surface area contributed by atoms with Gasteiger partial charge in [-0.3, -0.25) is 0 Å². The number of nitrogens with one attached hydrogen (secondary N) is 1. The molecule has 0 aliphatic carbocycles. The third-order valence-electron chi connectivity index (χ3n) is 5.77. The Bertz CT molecular complexity index is 894. The maximum absolute atomic E-state index is 5.63. The Labute approximate surface area is 185 Å². The highest BCUT2D eigenvalue weighted by molar-refractivity contribution is 5.81. The molecule has 2 aromatic rings. The van der Waals surface area contributed by atoms with E-state index in [2.05, 4.69) is 82.5 Å². The highest BCUT2D eigenvalue weighted by Crippen LogP contribution is 2.22. The number of aromatic nitrogens is 1. The molecule has 3 heterocycles. The predicted molar refractivity (Wildman–Crippen MR) is 127 cm³/mol. The van der Waals surface area contributed by atoms with Gasteiger partial charge in [-0.1, -0.05) is 42.5 Å². The number of morpholine rings is 1. The molecule has 0 radical (unpaired) electrons. The summed E-state index contributed by atoms with van der Waals surface area (Å²) in [6.07, 6.45) is 5.56. The van der Waals surface area contributed by atoms with Crippen LogP contribution in [0.4, 0.5) is 5.82 Å². The van der Waals surface area contributed by atoms with Crippen molar-refractivity contribution in [3.05, 3.63) is 65.9 Å². The van der Waals surface area contributed by atoms with Crippen molar-refractivity contribution < 1.29 is 4.74 Å². The lowest BCUT2D eigenvalue weighted by Gasteiger charge is -2.32. The summed E-state index contributed by atoms with van der Waals surface area (Å²) in [4.78, 5) is 14.2. The van der Waals surface area contributed by atoms with Crippen LogP contribution >= 0.6 is 0 Å². The van der Waals surface area contributed by atoms with E-state index in [-0.39, 0.29) is 6.10 Å². The van der Waals surface area contributed by atoms with E-state index in [0.29, 0.717) is 6.54 Å². The molecular formula is C25H33N5O. The van der Waals surface area contributed by atoms with Crippen LogP contribution in [0.25, 0.3) is 5.57 Å². The van der Waals surface area contributed by atoms with Gasteiger partial charge in [0.2, 0.25) is 0 Å². The number of anilines is 1. The van der Waals surface area contributed by atoms with Gasteiger partial charge in [-0.25, -0.2) is 9.98 Å². The second-order valence-electron chi connectivity index (χ2n) is 8.11. The summed E-state index contributed by atoms with van der Waals surface area (Å²) in [5.41, 5.74) is 3.87. The first-order valence-corrected chi connectivity index (χ1v) is 11.3. The Morgan fingerprint density at radius 1 is 1.19 bits per heavy atom. The van der Waals surface area contributed by atoms with Gasteiger partial charge < -0.3 is 19.9 Å². The summed E-state index contributed by atoms with van der Waals surface area (Å²) in [5.74, 6) is 1.99. The Morgan fingerprint density at radius 3 is 2.74 bits per heavy atom. The molecular weight excluding hydrogens is 386 g/mol. The molecule has 6 heteroatoms. The quantitative estimate of drug-likeness (QED) is 0.593. The lowest BCUT2D eigenvalue weighted by molar-refractivity contribution is 0.0529. The van der Waals surface area contributed by atoms with E-state index < -0.39 is 0 Å². The zero-order valence-corrected chi connectivity index (χ0v) is 18.6. The van der Waals surface area contributed by atoms with Crippen LogP contribution in [0.2, 0.25) is 0 Å². The summed E-state index contributed by atoms with van der Waals surface area (Å²) in [5, 5.41) is 3.45. The van der Waals surface area contributed by atoms with E-state index in [1.54, 1.807) is 0 Å². The highest BCUT2D eigenvalue weighted by Gasteiger charge is 2.18. The van der Waals surface area contributed by atoms with Crippen LogP contribution in [0.15, 0.2) is 59.7 Å². The van der Waals surface area contributed by atoms with Gasteiger partial charge in [-0.05, 0) is 43.0 Å². The molecule has 31 heavy (non-hydrogen) atoms. The molecule has 2 aliphatic rings. The average molecular weight is 420 g/mol. The number of hydrogen-bond donors (Lipinski definition) is 1. The number of guanidine groups is 1. The third kappa shape index (κ3) is 5.64. The molecule has 1 aromatic heterocycles. The minimum absolute atomic E-state index is 0.253. The van der Waals surface area contributed by atoms with Crippen LogP contribution in [0, 0.1) is 0 Å². The van der Waals surface area contributed by atoms with Gasteiger partial charge in [-0.2, -0.15) is 0 Å². The van der Waals surface area contributed by atoms with Gasteiger partial charge in [0.15, 0.2) is 5.96 Å². The molecule has 4 rings (SSSR count). The van der Waals surface area contributed by atoms with Gasteiger partial charge in [0, 0.05) is 38.9 Å². The average Bonchev–Trinajstić information content (AvgIpc) is 2.83. The molecule has 1 aromatic carbocycles. The zero-order chi connectivity index (χ0) is 21.5. The molecule has 164 valence electrons. The fraction of sp³-hybridized carbons (Fsp3) is 0.440. The number of hydrogen-bond acceptors (Lipinski definition) is 4. The molecule has 0 saturated carbocycles. The van der Waals surface area contributed by atoms with Crippen molar-refractivity contribution in [3.8, 4) is 0 Å². The summed E-state index contributed by atoms with van der Waals surface area (Å²) >= 11 is 0. The van der Waals surface area contributed by atoms with E-state index in [0.717, 1.165) is 63.1 Å². The van der Waals surface area contributed by atoms with Crippen molar-refractivity contribution in [2.75, 3.05) is 44.2 Å². The zero-order valence-electron chi connectivity index (χ0n) is 18.6. The first-order chi connectivity index (χ1) is 15.2. The number of nitrogens with zero attached hydrogens (tertiary/aromatic N) is 4. The standard InChI is InChI=1S/C25H33N5O/c1-3-26-25(29-13-11-23(12-14-29)22-7-5-4-6-8-22)28-18-21-9-10-24(27-17-21)30-15-16-31-20(2)19-30/h4-11,17,20H,3,12-16,18-19H2,1-2H3,(H,26,28).